The minimum atomic E-state index is 1.19. The summed E-state index contributed by atoms with van der Waals surface area (Å²) in [6.45, 7) is 3.74. The molecule has 0 nitrogen and oxygen atoms in total. The van der Waals surface area contributed by atoms with E-state index in [1.165, 1.54) is 63.4 Å². The van der Waals surface area contributed by atoms with Gasteiger partial charge in [-0.1, -0.05) is 38.2 Å². The van der Waals surface area contributed by atoms with Crippen molar-refractivity contribution in [1.29, 1.82) is 0 Å². The van der Waals surface area contributed by atoms with Gasteiger partial charge in [-0.25, -0.2) is 0 Å². The normalized spacial score (nSPS) is 10.5. The van der Waals surface area contributed by atoms with Crippen LogP contribution in [0.1, 0.15) is 56.9 Å². The number of unbranched alkanes of at least 4 members (excludes halogenated alkanes) is 7. The van der Waals surface area contributed by atoms with Crippen LogP contribution in [0.4, 0.5) is 0 Å². The third-order valence-electron chi connectivity index (χ3n) is 2.95. The number of allylic oxidation sites excluding steroid dienone is 1. The lowest BCUT2D eigenvalue weighted by Crippen LogP contribution is -1.84. The zero-order chi connectivity index (χ0) is 11.5. The van der Waals surface area contributed by atoms with Crippen LogP contribution in [0.15, 0.2) is 29.5 Å². The number of rotatable bonds is 10. The molecular formula is C15H24S. The zero-order valence-corrected chi connectivity index (χ0v) is 11.1. The van der Waals surface area contributed by atoms with Gasteiger partial charge in [0.2, 0.25) is 0 Å². The Labute approximate surface area is 104 Å². The van der Waals surface area contributed by atoms with Crippen molar-refractivity contribution in [3.8, 4) is 0 Å². The SMILES string of the molecule is C=CCCCCCCCCCc1ccsc1. The molecule has 0 aliphatic rings. The summed E-state index contributed by atoms with van der Waals surface area (Å²) in [5.41, 5.74) is 1.52. The van der Waals surface area contributed by atoms with Gasteiger partial charge in [-0.2, -0.15) is 11.3 Å². The van der Waals surface area contributed by atoms with Crippen molar-refractivity contribution in [2.45, 2.75) is 57.8 Å². The molecule has 0 amide bonds. The summed E-state index contributed by atoms with van der Waals surface area (Å²) in [6, 6.07) is 2.25. The van der Waals surface area contributed by atoms with Gasteiger partial charge in [0, 0.05) is 0 Å². The van der Waals surface area contributed by atoms with Crippen molar-refractivity contribution >= 4 is 11.3 Å². The second kappa shape index (κ2) is 9.65. The van der Waals surface area contributed by atoms with Crippen molar-refractivity contribution in [2.75, 3.05) is 0 Å². The van der Waals surface area contributed by atoms with Crippen LogP contribution in [-0.4, -0.2) is 0 Å². The smallest absolute Gasteiger partial charge is 0.00613 e. The average molecular weight is 236 g/mol. The minimum Gasteiger partial charge on any atom is -0.152 e. The molecule has 0 radical (unpaired) electrons. The Bertz CT molecular complexity index is 248. The van der Waals surface area contributed by atoms with Gasteiger partial charge in [0.05, 0.1) is 0 Å². The Morgan fingerprint density at radius 2 is 1.69 bits per heavy atom. The van der Waals surface area contributed by atoms with Gasteiger partial charge in [-0.15, -0.1) is 6.58 Å². The Morgan fingerprint density at radius 1 is 1.00 bits per heavy atom. The standard InChI is InChI=1S/C15H24S/c1-2-3-4-5-6-7-8-9-10-11-15-12-13-16-14-15/h2,12-14H,1,3-11H2. The topological polar surface area (TPSA) is 0 Å². The fourth-order valence-electron chi connectivity index (χ4n) is 1.94. The first-order chi connectivity index (χ1) is 7.93. The highest BCUT2D eigenvalue weighted by Crippen LogP contribution is 2.13. The number of hydrogen-bond acceptors (Lipinski definition) is 1. The van der Waals surface area contributed by atoms with E-state index >= 15 is 0 Å². The van der Waals surface area contributed by atoms with Gasteiger partial charge >= 0.3 is 0 Å². The van der Waals surface area contributed by atoms with E-state index in [0.717, 1.165) is 0 Å². The maximum absolute atomic E-state index is 3.74. The van der Waals surface area contributed by atoms with Crippen LogP contribution in [0.2, 0.25) is 0 Å². The molecule has 90 valence electrons. The van der Waals surface area contributed by atoms with E-state index in [4.69, 9.17) is 0 Å². The first-order valence-electron chi connectivity index (χ1n) is 6.55. The van der Waals surface area contributed by atoms with Crippen molar-refractivity contribution in [2.24, 2.45) is 0 Å². The Balaban J connectivity index is 1.80. The number of aryl methyl sites for hydroxylation is 1. The molecule has 0 aliphatic heterocycles. The molecule has 0 bridgehead atoms. The second-order valence-electron chi connectivity index (χ2n) is 4.43. The molecule has 0 N–H and O–H groups in total. The fourth-order valence-corrected chi connectivity index (χ4v) is 2.64. The van der Waals surface area contributed by atoms with Crippen LogP contribution in [0.25, 0.3) is 0 Å². The van der Waals surface area contributed by atoms with Gasteiger partial charge in [0.25, 0.3) is 0 Å². The first-order valence-corrected chi connectivity index (χ1v) is 7.49. The molecule has 16 heavy (non-hydrogen) atoms. The zero-order valence-electron chi connectivity index (χ0n) is 10.3. The quantitative estimate of drug-likeness (QED) is 0.366. The van der Waals surface area contributed by atoms with Gasteiger partial charge in [0.15, 0.2) is 0 Å². The summed E-state index contributed by atoms with van der Waals surface area (Å²) < 4.78 is 0. The van der Waals surface area contributed by atoms with E-state index in [9.17, 15) is 0 Å². The van der Waals surface area contributed by atoms with Crippen LogP contribution >= 0.6 is 11.3 Å². The largest absolute Gasteiger partial charge is 0.152 e. The van der Waals surface area contributed by atoms with E-state index in [0.29, 0.717) is 0 Å². The van der Waals surface area contributed by atoms with Crippen LogP contribution in [0.5, 0.6) is 0 Å². The van der Waals surface area contributed by atoms with Crippen LogP contribution in [0, 0.1) is 0 Å². The lowest BCUT2D eigenvalue weighted by molar-refractivity contribution is 0.581. The average Bonchev–Trinajstić information content (AvgIpc) is 2.80. The third kappa shape index (κ3) is 6.84. The van der Waals surface area contributed by atoms with E-state index < -0.39 is 0 Å². The third-order valence-corrected chi connectivity index (χ3v) is 3.69. The van der Waals surface area contributed by atoms with E-state index in [2.05, 4.69) is 23.4 Å². The molecule has 0 atom stereocenters. The molecule has 0 aromatic carbocycles. The Morgan fingerprint density at radius 3 is 2.31 bits per heavy atom. The summed E-state index contributed by atoms with van der Waals surface area (Å²) in [5.74, 6) is 0. The summed E-state index contributed by atoms with van der Waals surface area (Å²) >= 11 is 1.81. The second-order valence-corrected chi connectivity index (χ2v) is 5.21. The minimum absolute atomic E-state index is 1.19. The molecule has 1 heteroatoms. The monoisotopic (exact) mass is 236 g/mol. The van der Waals surface area contributed by atoms with Gasteiger partial charge in [-0.05, 0) is 48.1 Å². The summed E-state index contributed by atoms with van der Waals surface area (Å²) in [4.78, 5) is 0. The highest BCUT2D eigenvalue weighted by atomic mass is 32.1. The van der Waals surface area contributed by atoms with Gasteiger partial charge in [-0.3, -0.25) is 0 Å². The van der Waals surface area contributed by atoms with Crippen molar-refractivity contribution in [3.05, 3.63) is 35.0 Å². The van der Waals surface area contributed by atoms with E-state index in [1.54, 1.807) is 0 Å². The molecular weight excluding hydrogens is 212 g/mol. The molecule has 0 saturated heterocycles. The molecule has 0 spiro atoms. The lowest BCUT2D eigenvalue weighted by Gasteiger charge is -2.00. The molecule has 1 aromatic rings. The molecule has 0 aliphatic carbocycles. The molecule has 0 saturated carbocycles. The van der Waals surface area contributed by atoms with Crippen molar-refractivity contribution < 1.29 is 0 Å². The first kappa shape index (κ1) is 13.5. The highest BCUT2D eigenvalue weighted by Gasteiger charge is 1.94. The van der Waals surface area contributed by atoms with Crippen LogP contribution in [0.3, 0.4) is 0 Å². The predicted molar refractivity (Wildman–Crippen MR) is 75.2 cm³/mol. The maximum Gasteiger partial charge on any atom is -0.00613 e. The Hall–Kier alpha value is -0.560. The summed E-state index contributed by atoms with van der Waals surface area (Å²) in [6.07, 6.45) is 14.2. The van der Waals surface area contributed by atoms with E-state index in [1.807, 2.05) is 17.4 Å². The predicted octanol–water partition coefficient (Wildman–Crippen LogP) is 5.60. The number of hydrogen-bond donors (Lipinski definition) is 0. The molecule has 0 fully saturated rings. The van der Waals surface area contributed by atoms with Crippen molar-refractivity contribution in [3.63, 3.8) is 0 Å². The van der Waals surface area contributed by atoms with Crippen LogP contribution < -0.4 is 0 Å². The molecule has 1 rings (SSSR count). The number of thiophene rings is 1. The Kier molecular flexibility index (Phi) is 8.15. The lowest BCUT2D eigenvalue weighted by atomic mass is 10.1. The maximum atomic E-state index is 3.74. The summed E-state index contributed by atoms with van der Waals surface area (Å²) in [7, 11) is 0. The molecule has 1 heterocycles. The van der Waals surface area contributed by atoms with Crippen molar-refractivity contribution in [1.82, 2.24) is 0 Å². The summed E-state index contributed by atoms with van der Waals surface area (Å²) in [5, 5.41) is 4.45. The van der Waals surface area contributed by atoms with E-state index in [-0.39, 0.29) is 0 Å². The highest BCUT2D eigenvalue weighted by molar-refractivity contribution is 7.07. The fraction of sp³-hybridized carbons (Fsp3) is 0.600. The molecule has 1 aromatic heterocycles. The van der Waals surface area contributed by atoms with Crippen LogP contribution in [-0.2, 0) is 6.42 Å². The molecule has 0 unspecified atom stereocenters. The van der Waals surface area contributed by atoms with Gasteiger partial charge < -0.3 is 0 Å². The van der Waals surface area contributed by atoms with Gasteiger partial charge in [0.1, 0.15) is 0 Å².